The van der Waals surface area contributed by atoms with Crippen molar-refractivity contribution in [2.24, 2.45) is 5.92 Å². The number of Topliss-reactive ketones (excluding diaryl/α,β-unsaturated/α-hetero) is 2. The number of aliphatic carboxylic acids is 1. The van der Waals surface area contributed by atoms with E-state index in [2.05, 4.69) is 4.72 Å². The van der Waals surface area contributed by atoms with Gasteiger partial charge in [0.25, 0.3) is 0 Å². The van der Waals surface area contributed by atoms with Crippen molar-refractivity contribution >= 4 is 27.6 Å². The predicted octanol–water partition coefficient (Wildman–Crippen LogP) is 1.18. The first-order valence-electron chi connectivity index (χ1n) is 7.84. The quantitative estimate of drug-likeness (QED) is 0.605. The van der Waals surface area contributed by atoms with Crippen molar-refractivity contribution in [3.63, 3.8) is 0 Å². The van der Waals surface area contributed by atoms with Gasteiger partial charge in [-0.1, -0.05) is 30.3 Å². The summed E-state index contributed by atoms with van der Waals surface area (Å²) in [6.45, 7) is 1.34. The Hall–Kier alpha value is -2.06. The van der Waals surface area contributed by atoms with Crippen molar-refractivity contribution in [2.75, 3.05) is 6.26 Å². The van der Waals surface area contributed by atoms with Crippen LogP contribution in [0, 0.1) is 5.92 Å². The molecule has 0 unspecified atom stereocenters. The lowest BCUT2D eigenvalue weighted by Crippen LogP contribution is -2.41. The first-order valence-corrected chi connectivity index (χ1v) is 9.74. The molecule has 1 aromatic rings. The number of hydrogen-bond donors (Lipinski definition) is 2. The summed E-state index contributed by atoms with van der Waals surface area (Å²) in [7, 11) is -3.66. The minimum atomic E-state index is -3.66. The zero-order valence-electron chi connectivity index (χ0n) is 14.3. The molecule has 0 saturated carbocycles. The summed E-state index contributed by atoms with van der Waals surface area (Å²) in [5, 5.41) is 9.37. The minimum Gasteiger partial charge on any atom is -0.481 e. The van der Waals surface area contributed by atoms with Crippen molar-refractivity contribution in [3.05, 3.63) is 35.9 Å². The van der Waals surface area contributed by atoms with Crippen LogP contribution in [-0.2, 0) is 30.8 Å². The number of carbonyl (C=O) groups excluding carboxylic acids is 2. The Labute approximate surface area is 147 Å². The third-order valence-electron chi connectivity index (χ3n) is 3.65. The second kappa shape index (κ2) is 9.43. The van der Waals surface area contributed by atoms with Crippen LogP contribution >= 0.6 is 0 Å². The lowest BCUT2D eigenvalue weighted by atomic mass is 9.91. The van der Waals surface area contributed by atoms with E-state index < -0.39 is 33.7 Å². The Morgan fingerprint density at radius 2 is 1.76 bits per heavy atom. The maximum absolute atomic E-state index is 12.4. The first kappa shape index (κ1) is 21.0. The van der Waals surface area contributed by atoms with Gasteiger partial charge < -0.3 is 9.90 Å². The fourth-order valence-electron chi connectivity index (χ4n) is 2.42. The second-order valence-electron chi connectivity index (χ2n) is 6.08. The molecule has 0 bridgehead atoms. The van der Waals surface area contributed by atoms with E-state index >= 15 is 0 Å². The molecule has 0 radical (unpaired) electrons. The summed E-state index contributed by atoms with van der Waals surface area (Å²) in [4.78, 5) is 35.0. The Morgan fingerprint density at radius 3 is 2.24 bits per heavy atom. The maximum Gasteiger partial charge on any atom is 0.307 e. The van der Waals surface area contributed by atoms with E-state index in [0.717, 1.165) is 11.8 Å². The van der Waals surface area contributed by atoms with Gasteiger partial charge in [-0.2, -0.15) is 0 Å². The third kappa shape index (κ3) is 8.55. The Morgan fingerprint density at radius 1 is 1.16 bits per heavy atom. The molecule has 0 amide bonds. The van der Waals surface area contributed by atoms with Gasteiger partial charge in [-0.25, -0.2) is 13.1 Å². The lowest BCUT2D eigenvalue weighted by Gasteiger charge is -2.18. The van der Waals surface area contributed by atoms with Crippen LogP contribution in [-0.4, -0.2) is 43.4 Å². The van der Waals surface area contributed by atoms with Crippen molar-refractivity contribution in [1.82, 2.24) is 4.72 Å². The highest BCUT2D eigenvalue weighted by Gasteiger charge is 2.28. The highest BCUT2D eigenvalue weighted by Crippen LogP contribution is 2.16. The molecule has 8 heteroatoms. The molecule has 2 atom stereocenters. The molecular formula is C17H23NO6S. The number of benzene rings is 1. The van der Waals surface area contributed by atoms with Gasteiger partial charge in [0.2, 0.25) is 10.0 Å². The van der Waals surface area contributed by atoms with Crippen molar-refractivity contribution in [2.45, 2.75) is 38.6 Å². The van der Waals surface area contributed by atoms with Gasteiger partial charge in [0, 0.05) is 12.8 Å². The second-order valence-corrected chi connectivity index (χ2v) is 7.86. The Bertz CT molecular complexity index is 714. The highest BCUT2D eigenvalue weighted by molar-refractivity contribution is 7.88. The summed E-state index contributed by atoms with van der Waals surface area (Å²) in [6, 6.07) is 7.79. The molecule has 0 aliphatic carbocycles. The highest BCUT2D eigenvalue weighted by atomic mass is 32.2. The predicted molar refractivity (Wildman–Crippen MR) is 92.6 cm³/mol. The lowest BCUT2D eigenvalue weighted by molar-refractivity contribution is -0.144. The van der Waals surface area contributed by atoms with Gasteiger partial charge in [-0.15, -0.1) is 0 Å². The summed E-state index contributed by atoms with van der Waals surface area (Å²) >= 11 is 0. The van der Waals surface area contributed by atoms with Gasteiger partial charge in [0.15, 0.2) is 5.78 Å². The van der Waals surface area contributed by atoms with Gasteiger partial charge in [0.1, 0.15) is 5.78 Å². The number of ketones is 2. The molecule has 0 heterocycles. The van der Waals surface area contributed by atoms with Gasteiger partial charge in [0.05, 0.1) is 18.2 Å². The number of carbonyl (C=O) groups is 3. The van der Waals surface area contributed by atoms with E-state index in [1.165, 1.54) is 6.92 Å². The Kier molecular flexibility index (Phi) is 7.92. The molecule has 0 saturated heterocycles. The van der Waals surface area contributed by atoms with Crippen LogP contribution in [0.4, 0.5) is 0 Å². The SMILES string of the molecule is CC(=O)CC[C@H](NS(C)(=O)=O)C(=O)C[C@@H](Cc1ccccc1)C(=O)O. The minimum absolute atomic E-state index is 0.0128. The van der Waals surface area contributed by atoms with Gasteiger partial charge in [-0.05, 0) is 25.3 Å². The average molecular weight is 369 g/mol. The molecule has 0 aromatic heterocycles. The van der Waals surface area contributed by atoms with Crippen molar-refractivity contribution < 1.29 is 27.9 Å². The standard InChI is InChI=1S/C17H23NO6S/c1-12(19)8-9-15(18-25(2,23)24)16(20)11-14(17(21)22)10-13-6-4-3-5-7-13/h3-7,14-15,18H,8-11H2,1-2H3,(H,21,22)/t14-,15+/m1/s1. The average Bonchev–Trinajstić information content (AvgIpc) is 2.50. The van der Waals surface area contributed by atoms with E-state index in [1.807, 2.05) is 0 Å². The van der Waals surface area contributed by atoms with Crippen LogP contribution in [0.3, 0.4) is 0 Å². The van der Waals surface area contributed by atoms with Crippen LogP contribution < -0.4 is 4.72 Å². The smallest absolute Gasteiger partial charge is 0.307 e. The fraction of sp³-hybridized carbons (Fsp3) is 0.471. The van der Waals surface area contributed by atoms with E-state index in [4.69, 9.17) is 0 Å². The molecule has 138 valence electrons. The summed E-state index contributed by atoms with van der Waals surface area (Å²) in [5.74, 6) is -2.79. The number of hydrogen-bond acceptors (Lipinski definition) is 5. The number of nitrogens with one attached hydrogen (secondary N) is 1. The molecule has 0 aliphatic rings. The number of carboxylic acid groups (broad SMARTS) is 1. The van der Waals surface area contributed by atoms with E-state index in [-0.39, 0.29) is 31.5 Å². The summed E-state index contributed by atoms with van der Waals surface area (Å²) < 4.78 is 25.1. The van der Waals surface area contributed by atoms with Crippen LogP contribution in [0.5, 0.6) is 0 Å². The first-order chi connectivity index (χ1) is 11.6. The third-order valence-corrected chi connectivity index (χ3v) is 4.36. The molecule has 25 heavy (non-hydrogen) atoms. The zero-order valence-corrected chi connectivity index (χ0v) is 15.1. The molecule has 0 aliphatic heterocycles. The topological polar surface area (TPSA) is 118 Å². The largest absolute Gasteiger partial charge is 0.481 e. The molecule has 0 spiro atoms. The van der Waals surface area contributed by atoms with Crippen LogP contribution in [0.15, 0.2) is 30.3 Å². The molecular weight excluding hydrogens is 346 g/mol. The van der Waals surface area contributed by atoms with Crippen molar-refractivity contribution in [1.29, 1.82) is 0 Å². The zero-order chi connectivity index (χ0) is 19.0. The van der Waals surface area contributed by atoms with Crippen molar-refractivity contribution in [3.8, 4) is 0 Å². The van der Waals surface area contributed by atoms with Gasteiger partial charge in [-0.3, -0.25) is 9.59 Å². The number of rotatable bonds is 11. The van der Waals surface area contributed by atoms with Crippen LogP contribution in [0.25, 0.3) is 0 Å². The molecule has 1 rings (SSSR count). The Balaban J connectivity index is 2.85. The van der Waals surface area contributed by atoms with Crippen LogP contribution in [0.1, 0.15) is 31.7 Å². The monoisotopic (exact) mass is 369 g/mol. The van der Waals surface area contributed by atoms with E-state index in [1.54, 1.807) is 30.3 Å². The molecule has 7 nitrogen and oxygen atoms in total. The van der Waals surface area contributed by atoms with Gasteiger partial charge >= 0.3 is 5.97 Å². The summed E-state index contributed by atoms with van der Waals surface area (Å²) in [5.41, 5.74) is 0.777. The number of carboxylic acids is 1. The van der Waals surface area contributed by atoms with E-state index in [9.17, 15) is 27.9 Å². The molecule has 2 N–H and O–H groups in total. The normalized spacial score (nSPS) is 13.8. The van der Waals surface area contributed by atoms with Crippen LogP contribution in [0.2, 0.25) is 0 Å². The molecule has 1 aromatic carbocycles. The number of sulfonamides is 1. The van der Waals surface area contributed by atoms with E-state index in [0.29, 0.717) is 0 Å². The fourth-order valence-corrected chi connectivity index (χ4v) is 3.19. The maximum atomic E-state index is 12.4. The molecule has 0 fully saturated rings. The summed E-state index contributed by atoms with van der Waals surface area (Å²) in [6.07, 6.45) is 0.823.